The lowest BCUT2D eigenvalue weighted by atomic mass is 9.33. The summed E-state index contributed by atoms with van der Waals surface area (Å²) in [7, 11) is 0. The van der Waals surface area contributed by atoms with Crippen LogP contribution in [0.3, 0.4) is 0 Å². The van der Waals surface area contributed by atoms with Crippen molar-refractivity contribution in [3.05, 3.63) is 121 Å². The van der Waals surface area contributed by atoms with Gasteiger partial charge < -0.3 is 14.7 Å². The van der Waals surface area contributed by atoms with Crippen molar-refractivity contribution >= 4 is 83.6 Å². The normalized spacial score (nSPS) is 26.0. The number of hydrogen-bond donors (Lipinski definition) is 0. The van der Waals surface area contributed by atoms with Crippen LogP contribution in [0.4, 0.5) is 39.1 Å². The Balaban J connectivity index is 1.20. The molecule has 4 aliphatic carbocycles. The van der Waals surface area contributed by atoms with Gasteiger partial charge in [0.2, 0.25) is 0 Å². The maximum Gasteiger partial charge on any atom is 0.254 e. The topological polar surface area (TPSA) is 9.72 Å². The van der Waals surface area contributed by atoms with Crippen LogP contribution in [0.2, 0.25) is 0 Å². The Kier molecular flexibility index (Phi) is 5.45. The van der Waals surface area contributed by atoms with Crippen LogP contribution in [0.1, 0.15) is 57.9 Å². The summed E-state index contributed by atoms with van der Waals surface area (Å²) in [5, 5.41) is 2.77. The molecule has 13 rings (SSSR count). The van der Waals surface area contributed by atoms with Crippen LogP contribution in [0.15, 0.2) is 115 Å². The molecular formula is C45H40BN3S. The van der Waals surface area contributed by atoms with Crippen molar-refractivity contribution in [2.45, 2.75) is 63.5 Å². The van der Waals surface area contributed by atoms with Crippen molar-refractivity contribution in [2.75, 3.05) is 14.7 Å². The van der Waals surface area contributed by atoms with Crippen LogP contribution in [0.5, 0.6) is 0 Å². The minimum absolute atomic E-state index is 0.165. The van der Waals surface area contributed by atoms with Gasteiger partial charge in [0.25, 0.3) is 6.71 Å². The Bertz CT molecular complexity index is 2340. The maximum absolute atomic E-state index is 2.75. The molecule has 7 aliphatic rings. The first-order valence-electron chi connectivity index (χ1n) is 18.8. The van der Waals surface area contributed by atoms with E-state index in [-0.39, 0.29) is 12.4 Å². The Morgan fingerprint density at radius 2 is 1.26 bits per heavy atom. The van der Waals surface area contributed by atoms with Crippen LogP contribution in [0.25, 0.3) is 10.1 Å². The van der Waals surface area contributed by atoms with Gasteiger partial charge in [-0.05, 0) is 151 Å². The van der Waals surface area contributed by atoms with Gasteiger partial charge in [0, 0.05) is 27.4 Å². The largest absolute Gasteiger partial charge is 0.317 e. The predicted octanol–water partition coefficient (Wildman–Crippen LogP) is 10.0. The molecule has 4 bridgehead atoms. The highest BCUT2D eigenvalue weighted by molar-refractivity contribution is 7.26. The first kappa shape index (κ1) is 28.2. The summed E-state index contributed by atoms with van der Waals surface area (Å²) in [6.45, 7) is 5.05. The molecule has 1 aromatic heterocycles. The fourth-order valence-corrected chi connectivity index (χ4v) is 13.6. The highest BCUT2D eigenvalue weighted by Gasteiger charge is 2.56. The minimum Gasteiger partial charge on any atom is -0.317 e. The van der Waals surface area contributed by atoms with E-state index in [1.54, 1.807) is 5.56 Å². The quantitative estimate of drug-likeness (QED) is 0.174. The van der Waals surface area contributed by atoms with Gasteiger partial charge in [0.05, 0.1) is 16.4 Å². The number of hydrogen-bond acceptors (Lipinski definition) is 4. The van der Waals surface area contributed by atoms with E-state index in [4.69, 9.17) is 0 Å². The van der Waals surface area contributed by atoms with E-state index in [9.17, 15) is 0 Å². The molecule has 3 nitrogen and oxygen atoms in total. The van der Waals surface area contributed by atoms with Gasteiger partial charge in [0.1, 0.15) is 5.66 Å². The fourth-order valence-electron chi connectivity index (χ4n) is 12.3. The van der Waals surface area contributed by atoms with Crippen molar-refractivity contribution in [1.82, 2.24) is 0 Å². The summed E-state index contributed by atoms with van der Waals surface area (Å²) < 4.78 is 1.37. The Morgan fingerprint density at radius 3 is 1.98 bits per heavy atom. The molecule has 0 unspecified atom stereocenters. The molecule has 50 heavy (non-hydrogen) atoms. The zero-order valence-corrected chi connectivity index (χ0v) is 29.6. The Hall–Kier alpha value is -4.48. The lowest BCUT2D eigenvalue weighted by Gasteiger charge is -2.57. The first-order chi connectivity index (χ1) is 24.5. The molecule has 4 fully saturated rings. The molecule has 3 aliphatic heterocycles. The van der Waals surface area contributed by atoms with Gasteiger partial charge >= 0.3 is 0 Å². The average Bonchev–Trinajstić information content (AvgIpc) is 3.62. The summed E-state index contributed by atoms with van der Waals surface area (Å²) in [4.78, 5) is 7.96. The van der Waals surface area contributed by atoms with Gasteiger partial charge in [-0.1, -0.05) is 66.7 Å². The number of fused-ring (bicyclic) bond motifs is 6. The molecule has 0 atom stereocenters. The van der Waals surface area contributed by atoms with E-state index in [0.717, 1.165) is 17.8 Å². The van der Waals surface area contributed by atoms with Crippen molar-refractivity contribution in [3.8, 4) is 0 Å². The monoisotopic (exact) mass is 665 g/mol. The summed E-state index contributed by atoms with van der Waals surface area (Å²) in [5.74, 6) is 2.70. The minimum atomic E-state index is -0.312. The van der Waals surface area contributed by atoms with Gasteiger partial charge in [-0.15, -0.1) is 11.3 Å². The van der Waals surface area contributed by atoms with Crippen molar-refractivity contribution in [1.29, 1.82) is 0 Å². The molecule has 0 N–H and O–H groups in total. The van der Waals surface area contributed by atoms with Gasteiger partial charge in [-0.25, -0.2) is 0 Å². The van der Waals surface area contributed by atoms with E-state index in [2.05, 4.69) is 144 Å². The van der Waals surface area contributed by atoms with Gasteiger partial charge in [-0.3, -0.25) is 0 Å². The smallest absolute Gasteiger partial charge is 0.254 e. The highest BCUT2D eigenvalue weighted by Crippen LogP contribution is 2.63. The molecule has 4 heterocycles. The predicted molar refractivity (Wildman–Crippen MR) is 212 cm³/mol. The Morgan fingerprint density at radius 1 is 0.620 bits per heavy atom. The third-order valence-corrected chi connectivity index (χ3v) is 14.8. The number of para-hydroxylation sites is 2. The molecule has 0 spiro atoms. The van der Waals surface area contributed by atoms with Crippen molar-refractivity contribution < 1.29 is 0 Å². The van der Waals surface area contributed by atoms with Crippen LogP contribution < -0.4 is 31.1 Å². The first-order valence-corrected chi connectivity index (χ1v) is 19.6. The van der Waals surface area contributed by atoms with Crippen molar-refractivity contribution in [3.63, 3.8) is 0 Å². The standard InChI is InChI=1S/C45H40BN3S/c1-44(2)48(33-14-7-4-8-15-33)38-24-31(45-25-28-20-29(26-45)22-30(21-28)27-45)23-35-42(38)49(44)37-18-11-17-36-41(37)46(35)40-34-16-9-10-19-39(34)50-43(40)47(36)32-12-5-3-6-13-32/h3-19,23-24,28-30H,20-22,25-27H2,1-2H3. The number of thiophene rings is 1. The zero-order chi connectivity index (χ0) is 32.9. The lowest BCUT2D eigenvalue weighted by Crippen LogP contribution is -2.63. The number of rotatable bonds is 3. The van der Waals surface area contributed by atoms with Crippen LogP contribution in [-0.2, 0) is 5.41 Å². The average molecular weight is 666 g/mol. The zero-order valence-electron chi connectivity index (χ0n) is 28.8. The van der Waals surface area contributed by atoms with Gasteiger partial charge in [0.15, 0.2) is 0 Å². The number of nitrogens with zero attached hydrogens (tertiary/aromatic N) is 3. The van der Waals surface area contributed by atoms with Crippen LogP contribution >= 0.6 is 11.3 Å². The molecule has 0 amide bonds. The molecule has 5 heteroatoms. The van der Waals surface area contributed by atoms with Crippen molar-refractivity contribution in [2.24, 2.45) is 17.8 Å². The summed E-state index contributed by atoms with van der Waals surface area (Å²) in [5.41, 5.74) is 14.0. The molecule has 6 aromatic rings. The maximum atomic E-state index is 2.75. The van der Waals surface area contributed by atoms with E-state index >= 15 is 0 Å². The van der Waals surface area contributed by atoms with Crippen LogP contribution in [-0.4, -0.2) is 12.4 Å². The fraction of sp³-hybridized carbons (Fsp3) is 0.289. The van der Waals surface area contributed by atoms with E-state index < -0.39 is 0 Å². The lowest BCUT2D eigenvalue weighted by molar-refractivity contribution is -0.00513. The third kappa shape index (κ3) is 3.52. The molecule has 5 aromatic carbocycles. The second-order valence-electron chi connectivity index (χ2n) is 16.8. The highest BCUT2D eigenvalue weighted by atomic mass is 32.1. The molecule has 244 valence electrons. The van der Waals surface area contributed by atoms with Crippen LogP contribution in [0, 0.1) is 17.8 Å². The number of anilines is 7. The van der Waals surface area contributed by atoms with Gasteiger partial charge in [-0.2, -0.15) is 0 Å². The molecular weight excluding hydrogens is 625 g/mol. The SMILES string of the molecule is CC1(C)N(c2ccccc2)c2cc(C34CC5CC(CC(C5)C3)C4)cc3c2N1c1cccc2c1B3c1c(sc3ccccc13)N2c1ccccc1. The Labute approximate surface area is 299 Å². The molecule has 4 saturated carbocycles. The van der Waals surface area contributed by atoms with E-state index in [1.807, 2.05) is 11.3 Å². The number of benzene rings is 5. The third-order valence-electron chi connectivity index (χ3n) is 13.6. The summed E-state index contributed by atoms with van der Waals surface area (Å²) >= 11 is 1.96. The van der Waals surface area contributed by atoms with E-state index in [1.165, 1.54) is 104 Å². The summed E-state index contributed by atoms with van der Waals surface area (Å²) in [6, 6.07) is 44.0. The summed E-state index contributed by atoms with van der Waals surface area (Å²) in [6.07, 6.45) is 8.51. The van der Waals surface area contributed by atoms with E-state index in [0.29, 0.717) is 5.41 Å². The second kappa shape index (κ2) is 9.64. The molecule has 0 saturated heterocycles. The molecule has 0 radical (unpaired) electrons. The second-order valence-corrected chi connectivity index (χ2v) is 17.8.